The van der Waals surface area contributed by atoms with Crippen molar-refractivity contribution in [2.24, 2.45) is 9.98 Å². The van der Waals surface area contributed by atoms with Crippen LogP contribution in [0.4, 0.5) is 10.1 Å². The quantitative estimate of drug-likeness (QED) is 0.747. The van der Waals surface area contributed by atoms with Crippen molar-refractivity contribution in [3.05, 3.63) is 64.9 Å². The lowest BCUT2D eigenvalue weighted by Crippen LogP contribution is -2.17. The van der Waals surface area contributed by atoms with Crippen LogP contribution in [0.2, 0.25) is 5.02 Å². The number of rotatable bonds is 5. The van der Waals surface area contributed by atoms with Gasteiger partial charge < -0.3 is 5.32 Å². The van der Waals surface area contributed by atoms with Crippen molar-refractivity contribution in [3.8, 4) is 0 Å². The number of amides is 1. The van der Waals surface area contributed by atoms with E-state index in [-0.39, 0.29) is 16.7 Å². The first kappa shape index (κ1) is 19.6. The van der Waals surface area contributed by atoms with Crippen LogP contribution in [0.1, 0.15) is 25.8 Å². The van der Waals surface area contributed by atoms with Crippen molar-refractivity contribution in [2.45, 2.75) is 25.9 Å². The second-order valence-corrected chi connectivity index (χ2v) is 7.65. The van der Waals surface area contributed by atoms with Gasteiger partial charge in [0.05, 0.1) is 16.5 Å². The minimum absolute atomic E-state index is 0.0298. The highest BCUT2D eigenvalue weighted by atomic mass is 35.5. The van der Waals surface area contributed by atoms with Gasteiger partial charge in [0.2, 0.25) is 5.91 Å². The third kappa shape index (κ3) is 4.76. The van der Waals surface area contributed by atoms with E-state index in [1.165, 1.54) is 30.0 Å². The van der Waals surface area contributed by atoms with Crippen LogP contribution < -0.4 is 5.32 Å². The Morgan fingerprint density at radius 1 is 1.22 bits per heavy atom. The Bertz CT molecular complexity index is 917. The van der Waals surface area contributed by atoms with Crippen molar-refractivity contribution in [3.63, 3.8) is 0 Å². The molecule has 0 radical (unpaired) electrons. The van der Waals surface area contributed by atoms with Crippen LogP contribution in [-0.4, -0.2) is 28.1 Å². The van der Waals surface area contributed by atoms with Crippen LogP contribution in [0.5, 0.6) is 0 Å². The maximum absolute atomic E-state index is 13.2. The lowest BCUT2D eigenvalue weighted by molar-refractivity contribution is -0.113. The summed E-state index contributed by atoms with van der Waals surface area (Å²) in [5, 5.41) is 3.44. The van der Waals surface area contributed by atoms with Crippen molar-refractivity contribution in [2.75, 3.05) is 11.1 Å². The summed E-state index contributed by atoms with van der Waals surface area (Å²) in [4.78, 5) is 21.8. The number of hydrogen-bond acceptors (Lipinski definition) is 4. The SMILES string of the molecule is CCC1(C)N=C(SCC(=O)Nc2ccc(F)c(Cl)c2)C(c2ccccc2)=N1. The second-order valence-electron chi connectivity index (χ2n) is 6.28. The summed E-state index contributed by atoms with van der Waals surface area (Å²) < 4.78 is 13.2. The van der Waals surface area contributed by atoms with Gasteiger partial charge in [0.1, 0.15) is 16.5 Å². The standard InChI is InChI=1S/C20H19ClFN3OS/c1-3-20(2)24-18(13-7-5-4-6-8-13)19(25-20)27-12-17(26)23-14-9-10-16(22)15(21)11-14/h4-11H,3,12H2,1-2H3,(H,23,26). The topological polar surface area (TPSA) is 53.8 Å². The van der Waals surface area contributed by atoms with Gasteiger partial charge in [-0.05, 0) is 31.5 Å². The van der Waals surface area contributed by atoms with E-state index in [0.717, 1.165) is 22.7 Å². The minimum atomic E-state index is -0.521. The fraction of sp³-hybridized carbons (Fsp3) is 0.250. The predicted molar refractivity (Wildman–Crippen MR) is 112 cm³/mol. The summed E-state index contributed by atoms with van der Waals surface area (Å²) >= 11 is 7.09. The van der Waals surface area contributed by atoms with E-state index < -0.39 is 11.5 Å². The summed E-state index contributed by atoms with van der Waals surface area (Å²) in [5.41, 5.74) is 1.74. The number of nitrogens with one attached hydrogen (secondary N) is 1. The van der Waals surface area contributed by atoms with Crippen molar-refractivity contribution in [1.29, 1.82) is 0 Å². The van der Waals surface area contributed by atoms with E-state index in [2.05, 4.69) is 5.32 Å². The number of benzene rings is 2. The van der Waals surface area contributed by atoms with Crippen LogP contribution in [0.3, 0.4) is 0 Å². The normalized spacial score (nSPS) is 18.8. The van der Waals surface area contributed by atoms with E-state index in [1.54, 1.807) is 0 Å². The van der Waals surface area contributed by atoms with Gasteiger partial charge in [0, 0.05) is 11.3 Å². The molecule has 2 aromatic carbocycles. The second kappa shape index (κ2) is 8.23. The first-order valence-corrected chi connectivity index (χ1v) is 9.90. The molecule has 0 aromatic heterocycles. The molecule has 0 fully saturated rings. The molecule has 0 aliphatic carbocycles. The fourth-order valence-corrected chi connectivity index (χ4v) is 3.62. The van der Waals surface area contributed by atoms with Crippen LogP contribution in [-0.2, 0) is 4.79 Å². The number of aliphatic imine (C=N–C) groups is 2. The zero-order chi connectivity index (χ0) is 19.4. The first-order chi connectivity index (χ1) is 12.9. The molecule has 0 saturated carbocycles. The molecule has 1 amide bonds. The van der Waals surface area contributed by atoms with E-state index in [1.807, 2.05) is 44.2 Å². The van der Waals surface area contributed by atoms with Gasteiger partial charge >= 0.3 is 0 Å². The highest BCUT2D eigenvalue weighted by Gasteiger charge is 2.31. The summed E-state index contributed by atoms with van der Waals surface area (Å²) in [6.45, 7) is 4.01. The predicted octanol–water partition coefficient (Wildman–Crippen LogP) is 5.18. The lowest BCUT2D eigenvalue weighted by atomic mass is 10.1. The zero-order valence-electron chi connectivity index (χ0n) is 15.0. The molecule has 1 unspecified atom stereocenters. The van der Waals surface area contributed by atoms with Crippen LogP contribution in [0.15, 0.2) is 58.5 Å². The number of nitrogens with zero attached hydrogens (tertiary/aromatic N) is 2. The minimum Gasteiger partial charge on any atom is -0.325 e. The molecule has 0 spiro atoms. The average molecular weight is 404 g/mol. The third-order valence-electron chi connectivity index (χ3n) is 4.16. The molecule has 1 heterocycles. The Kier molecular flexibility index (Phi) is 5.97. The molecule has 0 saturated heterocycles. The highest BCUT2D eigenvalue weighted by Crippen LogP contribution is 2.29. The van der Waals surface area contributed by atoms with Gasteiger partial charge in [-0.25, -0.2) is 9.38 Å². The van der Waals surface area contributed by atoms with Gasteiger partial charge in [-0.15, -0.1) is 0 Å². The van der Waals surface area contributed by atoms with E-state index in [0.29, 0.717) is 5.69 Å². The molecule has 4 nitrogen and oxygen atoms in total. The number of hydrogen-bond donors (Lipinski definition) is 1. The van der Waals surface area contributed by atoms with Crippen LogP contribution >= 0.6 is 23.4 Å². The van der Waals surface area contributed by atoms with Crippen LogP contribution in [0.25, 0.3) is 0 Å². The maximum atomic E-state index is 13.2. The molecule has 1 N–H and O–H groups in total. The number of carbonyl (C=O) groups is 1. The Morgan fingerprint density at radius 2 is 1.96 bits per heavy atom. The maximum Gasteiger partial charge on any atom is 0.234 e. The summed E-state index contributed by atoms with van der Waals surface area (Å²) in [7, 11) is 0. The molecule has 0 bridgehead atoms. The molecule has 140 valence electrons. The van der Waals surface area contributed by atoms with Crippen LogP contribution in [0, 0.1) is 5.82 Å². The molecule has 1 aliphatic heterocycles. The van der Waals surface area contributed by atoms with Gasteiger partial charge in [0.15, 0.2) is 0 Å². The Balaban J connectivity index is 1.70. The summed E-state index contributed by atoms with van der Waals surface area (Å²) in [6, 6.07) is 13.9. The molecule has 7 heteroatoms. The van der Waals surface area contributed by atoms with Gasteiger partial charge in [-0.2, -0.15) is 0 Å². The Labute approximate surface area is 166 Å². The molecule has 3 rings (SSSR count). The molecule has 1 aliphatic rings. The number of thioether (sulfide) groups is 1. The van der Waals surface area contributed by atoms with Crippen molar-refractivity contribution in [1.82, 2.24) is 0 Å². The highest BCUT2D eigenvalue weighted by molar-refractivity contribution is 8.16. The number of halogens is 2. The molecule has 2 aromatic rings. The Hall–Kier alpha value is -2.18. The van der Waals surface area contributed by atoms with Gasteiger partial charge in [-0.1, -0.05) is 60.6 Å². The summed E-state index contributed by atoms with van der Waals surface area (Å²) in [5.74, 6) is -0.575. The molecular weight excluding hydrogens is 385 g/mol. The summed E-state index contributed by atoms with van der Waals surface area (Å²) in [6.07, 6.45) is 0.771. The van der Waals surface area contributed by atoms with E-state index in [4.69, 9.17) is 21.6 Å². The van der Waals surface area contributed by atoms with Gasteiger partial charge in [-0.3, -0.25) is 9.79 Å². The third-order valence-corrected chi connectivity index (χ3v) is 5.41. The van der Waals surface area contributed by atoms with E-state index >= 15 is 0 Å². The monoisotopic (exact) mass is 403 g/mol. The number of anilines is 1. The zero-order valence-corrected chi connectivity index (χ0v) is 16.6. The molecular formula is C20H19ClFN3OS. The van der Waals surface area contributed by atoms with E-state index in [9.17, 15) is 9.18 Å². The van der Waals surface area contributed by atoms with Crippen molar-refractivity contribution < 1.29 is 9.18 Å². The van der Waals surface area contributed by atoms with Crippen molar-refractivity contribution >= 4 is 45.7 Å². The molecule has 27 heavy (non-hydrogen) atoms. The van der Waals surface area contributed by atoms with Gasteiger partial charge in [0.25, 0.3) is 0 Å². The fourth-order valence-electron chi connectivity index (χ4n) is 2.53. The lowest BCUT2D eigenvalue weighted by Gasteiger charge is -2.13. The first-order valence-electron chi connectivity index (χ1n) is 8.53. The Morgan fingerprint density at radius 3 is 2.63 bits per heavy atom. The smallest absolute Gasteiger partial charge is 0.234 e. The number of carbonyl (C=O) groups excluding carboxylic acids is 1. The molecule has 1 atom stereocenters. The largest absolute Gasteiger partial charge is 0.325 e. The average Bonchev–Trinajstić information content (AvgIpc) is 3.01.